The molecule has 444 valence electrons. The van der Waals surface area contributed by atoms with Crippen LogP contribution in [0.3, 0.4) is 0 Å². The quantitative estimate of drug-likeness (QED) is 0.0261. The molecule has 0 amide bonds. The highest BCUT2D eigenvalue weighted by Gasteiger charge is 2.19. The second-order valence-electron chi connectivity index (χ2n) is 20.5. The number of rotatable bonds is 56. The molecule has 0 heterocycles. The van der Waals surface area contributed by atoms with Crippen molar-refractivity contribution in [3.63, 3.8) is 0 Å². The van der Waals surface area contributed by atoms with E-state index >= 15 is 0 Å². The largest absolute Gasteiger partial charge is 0.462 e. The molecule has 0 aromatic heterocycles. The molecule has 0 fully saturated rings. The van der Waals surface area contributed by atoms with Crippen LogP contribution in [0.5, 0.6) is 0 Å². The average Bonchev–Trinajstić information content (AvgIpc) is 3.45. The lowest BCUT2D eigenvalue weighted by Crippen LogP contribution is -2.30. The van der Waals surface area contributed by atoms with E-state index in [-0.39, 0.29) is 37.5 Å². The molecular weight excluding hydrogens is 973 g/mol. The molecule has 6 nitrogen and oxygen atoms in total. The summed E-state index contributed by atoms with van der Waals surface area (Å²) in [7, 11) is 0. The first-order valence-corrected chi connectivity index (χ1v) is 32.0. The molecule has 0 radical (unpaired) electrons. The van der Waals surface area contributed by atoms with Crippen LogP contribution in [0, 0.1) is 0 Å². The summed E-state index contributed by atoms with van der Waals surface area (Å²) in [5.41, 5.74) is 0. The molecule has 0 N–H and O–H groups in total. The summed E-state index contributed by atoms with van der Waals surface area (Å²) in [6.45, 7) is 6.24. The first-order valence-electron chi connectivity index (χ1n) is 32.0. The van der Waals surface area contributed by atoms with E-state index in [9.17, 15) is 14.4 Å². The van der Waals surface area contributed by atoms with Crippen molar-refractivity contribution < 1.29 is 28.6 Å². The zero-order valence-corrected chi connectivity index (χ0v) is 50.8. The zero-order valence-electron chi connectivity index (χ0n) is 50.8. The molecule has 0 aromatic rings. The van der Waals surface area contributed by atoms with Crippen molar-refractivity contribution in [1.82, 2.24) is 0 Å². The number of unbranched alkanes of at least 4 members (excludes halogenated alkanes) is 19. The number of esters is 3. The third kappa shape index (κ3) is 63.7. The molecule has 0 aliphatic rings. The highest BCUT2D eigenvalue weighted by Crippen LogP contribution is 2.15. The Labute approximate surface area is 486 Å². The van der Waals surface area contributed by atoms with E-state index < -0.39 is 6.10 Å². The maximum absolute atomic E-state index is 12.9. The van der Waals surface area contributed by atoms with Gasteiger partial charge in [0.15, 0.2) is 6.10 Å². The van der Waals surface area contributed by atoms with Crippen LogP contribution >= 0.6 is 0 Å². The van der Waals surface area contributed by atoms with Crippen molar-refractivity contribution in [3.8, 4) is 0 Å². The van der Waals surface area contributed by atoms with E-state index in [0.29, 0.717) is 19.3 Å². The molecule has 79 heavy (non-hydrogen) atoms. The Morgan fingerprint density at radius 2 is 0.456 bits per heavy atom. The molecule has 1 atom stereocenters. The minimum atomic E-state index is -0.822. The second kappa shape index (κ2) is 65.5. The fourth-order valence-electron chi connectivity index (χ4n) is 8.33. The first-order chi connectivity index (χ1) is 39.0. The number of ether oxygens (including phenoxy) is 3. The summed E-state index contributed by atoms with van der Waals surface area (Å²) >= 11 is 0. The zero-order chi connectivity index (χ0) is 57.1. The second-order valence-corrected chi connectivity index (χ2v) is 20.5. The topological polar surface area (TPSA) is 78.9 Å². The van der Waals surface area contributed by atoms with Crippen LogP contribution < -0.4 is 0 Å². The summed E-state index contributed by atoms with van der Waals surface area (Å²) in [5.74, 6) is -0.989. The fraction of sp³-hybridized carbons (Fsp3) is 0.603. The van der Waals surface area contributed by atoms with E-state index in [1.807, 2.05) is 0 Å². The molecule has 0 saturated heterocycles. The van der Waals surface area contributed by atoms with Gasteiger partial charge in [0, 0.05) is 19.3 Å². The summed E-state index contributed by atoms with van der Waals surface area (Å²) < 4.78 is 16.9. The molecule has 0 saturated carbocycles. The lowest BCUT2D eigenvalue weighted by atomic mass is 10.0. The lowest BCUT2D eigenvalue weighted by Gasteiger charge is -2.18. The maximum Gasteiger partial charge on any atom is 0.306 e. The predicted octanol–water partition coefficient (Wildman–Crippen LogP) is 22.1. The third-order valence-electron chi connectivity index (χ3n) is 13.0. The molecule has 0 bridgehead atoms. The van der Waals surface area contributed by atoms with Crippen molar-refractivity contribution >= 4 is 17.9 Å². The standard InChI is InChI=1S/C73H116O6/c1-4-7-10-13-16-19-22-25-27-29-31-33-34-35-36-37-38-40-41-43-45-48-51-54-57-60-63-66-72(75)78-69-70(68-77-71(74)65-62-59-56-53-50-47-24-21-18-15-12-9-6-3)79-73(76)67-64-61-58-55-52-49-46-44-42-39-32-30-28-26-23-20-17-14-11-8-5-2/h7-12,16-21,25-28,31-33,39,44,46-47,50,52,55,70H,4-6,13-15,22-24,29-30,34-38,40-43,45,48-49,51,53-54,56-69H2,1-3H3/b10-7-,11-8-,12-9-,19-16-,20-17-,21-18-,27-25-,28-26-,33-31-,39-32-,46-44-,50-47-,55-52-. The van der Waals surface area contributed by atoms with Crippen LogP contribution in [-0.2, 0) is 28.6 Å². The van der Waals surface area contributed by atoms with E-state index in [1.165, 1.54) is 77.0 Å². The molecule has 0 rings (SSSR count). The summed E-state index contributed by atoms with van der Waals surface area (Å²) in [6.07, 6.45) is 95.4. The highest BCUT2D eigenvalue weighted by molar-refractivity contribution is 5.71. The predicted molar refractivity (Wildman–Crippen MR) is 343 cm³/mol. The van der Waals surface area contributed by atoms with Crippen molar-refractivity contribution in [1.29, 1.82) is 0 Å². The van der Waals surface area contributed by atoms with Gasteiger partial charge in [0.25, 0.3) is 0 Å². The van der Waals surface area contributed by atoms with Crippen LogP contribution in [-0.4, -0.2) is 37.2 Å². The van der Waals surface area contributed by atoms with Gasteiger partial charge in [-0.05, 0) is 141 Å². The van der Waals surface area contributed by atoms with Crippen molar-refractivity contribution in [3.05, 3.63) is 158 Å². The Morgan fingerprint density at radius 3 is 0.747 bits per heavy atom. The minimum absolute atomic E-state index is 0.111. The van der Waals surface area contributed by atoms with Crippen LogP contribution in [0.4, 0.5) is 0 Å². The fourth-order valence-corrected chi connectivity index (χ4v) is 8.33. The number of allylic oxidation sites excluding steroid dienone is 26. The van der Waals surface area contributed by atoms with Crippen LogP contribution in [0.2, 0.25) is 0 Å². The number of hydrogen-bond acceptors (Lipinski definition) is 6. The van der Waals surface area contributed by atoms with Crippen LogP contribution in [0.1, 0.15) is 265 Å². The molecular formula is C73H116O6. The van der Waals surface area contributed by atoms with Gasteiger partial charge in [-0.3, -0.25) is 14.4 Å². The minimum Gasteiger partial charge on any atom is -0.462 e. The van der Waals surface area contributed by atoms with Gasteiger partial charge in [-0.15, -0.1) is 0 Å². The Hall–Kier alpha value is -4.97. The summed E-state index contributed by atoms with van der Waals surface area (Å²) in [6, 6.07) is 0. The van der Waals surface area contributed by atoms with Gasteiger partial charge in [0.2, 0.25) is 0 Å². The van der Waals surface area contributed by atoms with E-state index in [2.05, 4.69) is 179 Å². The molecule has 0 aromatic carbocycles. The normalized spacial score (nSPS) is 13.2. The van der Waals surface area contributed by atoms with Gasteiger partial charge in [0.1, 0.15) is 13.2 Å². The monoisotopic (exact) mass is 1090 g/mol. The first kappa shape index (κ1) is 74.0. The Bertz CT molecular complexity index is 1780. The Kier molecular flexibility index (Phi) is 61.4. The van der Waals surface area contributed by atoms with Gasteiger partial charge in [-0.25, -0.2) is 0 Å². The molecule has 0 aliphatic carbocycles. The van der Waals surface area contributed by atoms with Gasteiger partial charge in [-0.2, -0.15) is 0 Å². The SMILES string of the molecule is CC/C=C\C/C=C\C/C=C\C/C=C\C/C=C\C/C=C\CCCCC(=O)OC(COC(=O)CCCCC/C=C\C/C=C\C/C=C\CC)COC(=O)CCCCCCCCCCCCCCCC/C=C\C/C=C\C/C=C\C/C=C\CC. The van der Waals surface area contributed by atoms with E-state index in [4.69, 9.17) is 14.2 Å². The van der Waals surface area contributed by atoms with Gasteiger partial charge >= 0.3 is 17.9 Å². The van der Waals surface area contributed by atoms with Gasteiger partial charge < -0.3 is 14.2 Å². The Balaban J connectivity index is 4.40. The van der Waals surface area contributed by atoms with E-state index in [0.717, 1.165) is 141 Å². The van der Waals surface area contributed by atoms with Crippen molar-refractivity contribution in [2.24, 2.45) is 0 Å². The summed E-state index contributed by atoms with van der Waals surface area (Å²) in [4.78, 5) is 38.3. The van der Waals surface area contributed by atoms with Crippen LogP contribution in [0.25, 0.3) is 0 Å². The maximum atomic E-state index is 12.9. The third-order valence-corrected chi connectivity index (χ3v) is 13.0. The lowest BCUT2D eigenvalue weighted by molar-refractivity contribution is -0.167. The van der Waals surface area contributed by atoms with E-state index in [1.54, 1.807) is 0 Å². The molecule has 1 unspecified atom stereocenters. The number of carbonyl (C=O) groups excluding carboxylic acids is 3. The number of carbonyl (C=O) groups is 3. The highest BCUT2D eigenvalue weighted by atomic mass is 16.6. The van der Waals surface area contributed by atoms with Crippen molar-refractivity contribution in [2.45, 2.75) is 271 Å². The van der Waals surface area contributed by atoms with Gasteiger partial charge in [-0.1, -0.05) is 262 Å². The smallest absolute Gasteiger partial charge is 0.306 e. The molecule has 0 aliphatic heterocycles. The average molecular weight is 1090 g/mol. The van der Waals surface area contributed by atoms with Crippen LogP contribution in [0.15, 0.2) is 158 Å². The number of hydrogen-bond donors (Lipinski definition) is 0. The molecule has 6 heteroatoms. The molecule has 0 spiro atoms. The Morgan fingerprint density at radius 1 is 0.253 bits per heavy atom. The van der Waals surface area contributed by atoms with Gasteiger partial charge in [0.05, 0.1) is 0 Å². The van der Waals surface area contributed by atoms with Crippen molar-refractivity contribution in [2.75, 3.05) is 13.2 Å². The summed E-state index contributed by atoms with van der Waals surface area (Å²) in [5, 5.41) is 0.